The van der Waals surface area contributed by atoms with Gasteiger partial charge in [0.05, 0.1) is 0 Å². The van der Waals surface area contributed by atoms with Crippen molar-refractivity contribution in [3.05, 3.63) is 0 Å². The molecule has 0 atom stereocenters. The fourth-order valence-corrected chi connectivity index (χ4v) is 0.274. The third-order valence-electron chi connectivity index (χ3n) is 1.25. The van der Waals surface area contributed by atoms with Gasteiger partial charge < -0.3 is 5.73 Å². The summed E-state index contributed by atoms with van der Waals surface area (Å²) in [5.74, 6) is 0.884. The van der Waals surface area contributed by atoms with E-state index in [1.165, 1.54) is 18.2 Å². The van der Waals surface area contributed by atoms with Crippen molar-refractivity contribution in [1.29, 1.82) is 0 Å². The molecule has 11 heavy (non-hydrogen) atoms. The van der Waals surface area contributed by atoms with Crippen LogP contribution >= 0.6 is 11.8 Å². The maximum absolute atomic E-state index is 5.19. The molecule has 0 heterocycles. The van der Waals surface area contributed by atoms with Gasteiger partial charge in [0.2, 0.25) is 0 Å². The van der Waals surface area contributed by atoms with Crippen molar-refractivity contribution in [2.75, 3.05) is 13.3 Å². The molecule has 0 bridgehead atoms. The normalized spacial score (nSPS) is 10.9. The molecule has 0 saturated carbocycles. The lowest BCUT2D eigenvalue weighted by atomic mass is 10.2. The van der Waals surface area contributed by atoms with Gasteiger partial charge in [0.25, 0.3) is 0 Å². The second-order valence-electron chi connectivity index (χ2n) is 2.57. The van der Waals surface area contributed by atoms with Gasteiger partial charge in [-0.15, -0.1) is 0 Å². The Bertz CT molecular complexity index is 100. The van der Waals surface area contributed by atoms with Crippen molar-refractivity contribution >= 4 is 16.9 Å². The van der Waals surface area contributed by atoms with Gasteiger partial charge in [-0.3, -0.25) is 4.99 Å². The van der Waals surface area contributed by atoms with Gasteiger partial charge >= 0.3 is 0 Å². The SMILES string of the molecule is CCC(C)C.CN=C(N)SC. The molecule has 0 amide bonds. The summed E-state index contributed by atoms with van der Waals surface area (Å²) in [7, 11) is 1.67. The fourth-order valence-electron chi connectivity index (χ4n) is 0.0913. The van der Waals surface area contributed by atoms with Gasteiger partial charge in [-0.1, -0.05) is 39.0 Å². The van der Waals surface area contributed by atoms with E-state index in [0.717, 1.165) is 5.92 Å². The van der Waals surface area contributed by atoms with Crippen LogP contribution in [0, 0.1) is 5.92 Å². The molecule has 0 saturated heterocycles. The first kappa shape index (κ1) is 13.4. The van der Waals surface area contributed by atoms with E-state index in [9.17, 15) is 0 Å². The van der Waals surface area contributed by atoms with E-state index in [4.69, 9.17) is 5.73 Å². The molecule has 2 nitrogen and oxygen atoms in total. The van der Waals surface area contributed by atoms with Gasteiger partial charge in [0.15, 0.2) is 5.17 Å². The lowest BCUT2D eigenvalue weighted by Gasteiger charge is -1.90. The van der Waals surface area contributed by atoms with Gasteiger partial charge in [-0.2, -0.15) is 0 Å². The van der Waals surface area contributed by atoms with Crippen LogP contribution < -0.4 is 5.73 Å². The van der Waals surface area contributed by atoms with Crippen LogP contribution in [0.1, 0.15) is 27.2 Å². The number of nitrogens with zero attached hydrogens (tertiary/aromatic N) is 1. The van der Waals surface area contributed by atoms with Crippen LogP contribution in [0.5, 0.6) is 0 Å². The number of hydrogen-bond donors (Lipinski definition) is 1. The predicted molar refractivity (Wildman–Crippen MR) is 56.2 cm³/mol. The second kappa shape index (κ2) is 9.82. The van der Waals surface area contributed by atoms with E-state index >= 15 is 0 Å². The quantitative estimate of drug-likeness (QED) is 0.492. The molecule has 2 N–H and O–H groups in total. The molecular formula is C8H20N2S. The van der Waals surface area contributed by atoms with Crippen LogP contribution in [-0.2, 0) is 0 Å². The Balaban J connectivity index is 0. The molecule has 0 spiro atoms. The number of rotatable bonds is 1. The first-order valence-electron chi connectivity index (χ1n) is 3.84. The third kappa shape index (κ3) is 17.7. The van der Waals surface area contributed by atoms with Gasteiger partial charge in [-0.05, 0) is 12.2 Å². The summed E-state index contributed by atoms with van der Waals surface area (Å²) in [5.41, 5.74) is 5.19. The molecular weight excluding hydrogens is 156 g/mol. The molecule has 68 valence electrons. The molecule has 3 heteroatoms. The van der Waals surface area contributed by atoms with Crippen LogP contribution in [0.4, 0.5) is 0 Å². The zero-order chi connectivity index (χ0) is 9.28. The summed E-state index contributed by atoms with van der Waals surface area (Å²) >= 11 is 1.45. The summed E-state index contributed by atoms with van der Waals surface area (Å²) in [6, 6.07) is 0. The zero-order valence-electron chi connectivity index (χ0n) is 8.22. The van der Waals surface area contributed by atoms with Gasteiger partial charge in [-0.25, -0.2) is 0 Å². The summed E-state index contributed by atoms with van der Waals surface area (Å²) in [4.78, 5) is 3.66. The summed E-state index contributed by atoms with van der Waals surface area (Å²) in [5, 5.41) is 0.634. The Kier molecular flexibility index (Phi) is 12.0. The predicted octanol–water partition coefficient (Wildman–Crippen LogP) is 2.35. The highest BCUT2D eigenvalue weighted by Crippen LogP contribution is 1.93. The largest absolute Gasteiger partial charge is 0.379 e. The number of hydrogen-bond acceptors (Lipinski definition) is 2. The second-order valence-corrected chi connectivity index (χ2v) is 3.39. The molecule has 0 aromatic heterocycles. The maximum atomic E-state index is 5.19. The standard InChI is InChI=1S/C5H12.C3H8N2S/c1-4-5(2)3;1-5-3(4)6-2/h5H,4H2,1-3H3;1-2H3,(H2,4,5). The third-order valence-corrected chi connectivity index (χ3v) is 1.85. The van der Waals surface area contributed by atoms with Crippen molar-refractivity contribution in [3.63, 3.8) is 0 Å². The summed E-state index contributed by atoms with van der Waals surface area (Å²) in [6.07, 6.45) is 3.20. The molecule has 0 radical (unpaired) electrons. The lowest BCUT2D eigenvalue weighted by Crippen LogP contribution is -2.03. The van der Waals surface area contributed by atoms with Crippen LogP contribution in [0.3, 0.4) is 0 Å². The average Bonchev–Trinajstić information content (AvgIpc) is 2.04. The zero-order valence-corrected chi connectivity index (χ0v) is 9.03. The molecule has 0 aromatic carbocycles. The Hall–Kier alpha value is -0.180. The van der Waals surface area contributed by atoms with Crippen molar-refractivity contribution in [2.45, 2.75) is 27.2 Å². The van der Waals surface area contributed by atoms with E-state index in [2.05, 4.69) is 25.8 Å². The Labute approximate surface area is 74.7 Å². The molecule has 0 unspecified atom stereocenters. The Morgan fingerprint density at radius 1 is 1.55 bits per heavy atom. The minimum absolute atomic E-state index is 0.634. The van der Waals surface area contributed by atoms with Crippen LogP contribution in [0.15, 0.2) is 4.99 Å². The molecule has 0 aromatic rings. The van der Waals surface area contributed by atoms with Crippen LogP contribution in [0.25, 0.3) is 0 Å². The van der Waals surface area contributed by atoms with Crippen LogP contribution in [-0.4, -0.2) is 18.5 Å². The number of amidine groups is 1. The van der Waals surface area contributed by atoms with Gasteiger partial charge in [0.1, 0.15) is 0 Å². The summed E-state index contributed by atoms with van der Waals surface area (Å²) < 4.78 is 0. The minimum atomic E-state index is 0.634. The van der Waals surface area contributed by atoms with Crippen molar-refractivity contribution < 1.29 is 0 Å². The first-order valence-corrected chi connectivity index (χ1v) is 5.07. The molecule has 0 aliphatic heterocycles. The highest BCUT2D eigenvalue weighted by molar-refractivity contribution is 8.13. The van der Waals surface area contributed by atoms with E-state index in [0.29, 0.717) is 5.17 Å². The van der Waals surface area contributed by atoms with Crippen molar-refractivity contribution in [2.24, 2.45) is 16.6 Å². The Morgan fingerprint density at radius 3 is 1.91 bits per heavy atom. The fraction of sp³-hybridized carbons (Fsp3) is 0.875. The van der Waals surface area contributed by atoms with Crippen molar-refractivity contribution in [1.82, 2.24) is 0 Å². The average molecular weight is 176 g/mol. The van der Waals surface area contributed by atoms with E-state index < -0.39 is 0 Å². The smallest absolute Gasteiger partial charge is 0.153 e. The van der Waals surface area contributed by atoms with E-state index in [1.54, 1.807) is 7.05 Å². The molecule has 0 rings (SSSR count). The highest BCUT2D eigenvalue weighted by atomic mass is 32.2. The molecule has 0 fully saturated rings. The van der Waals surface area contributed by atoms with Crippen molar-refractivity contribution in [3.8, 4) is 0 Å². The number of nitrogens with two attached hydrogens (primary N) is 1. The monoisotopic (exact) mass is 176 g/mol. The minimum Gasteiger partial charge on any atom is -0.379 e. The lowest BCUT2D eigenvalue weighted by molar-refractivity contribution is 0.626. The maximum Gasteiger partial charge on any atom is 0.153 e. The topological polar surface area (TPSA) is 38.4 Å². The Morgan fingerprint density at radius 2 is 1.91 bits per heavy atom. The number of thioether (sulfide) groups is 1. The highest BCUT2D eigenvalue weighted by Gasteiger charge is 1.80. The van der Waals surface area contributed by atoms with E-state index in [-0.39, 0.29) is 0 Å². The molecule has 0 aliphatic rings. The first-order chi connectivity index (χ1) is 5.08. The van der Waals surface area contributed by atoms with Gasteiger partial charge in [0, 0.05) is 7.05 Å². The molecule has 0 aliphatic carbocycles. The van der Waals surface area contributed by atoms with E-state index in [1.807, 2.05) is 6.26 Å². The van der Waals surface area contributed by atoms with Crippen LogP contribution in [0.2, 0.25) is 0 Å². The summed E-state index contributed by atoms with van der Waals surface area (Å²) in [6.45, 7) is 6.64. The number of aliphatic imine (C=N–C) groups is 1.